The van der Waals surface area contributed by atoms with Crippen molar-refractivity contribution in [2.45, 2.75) is 45.4 Å². The Morgan fingerprint density at radius 1 is 1.19 bits per heavy atom. The SMILES string of the molecule is CC(Nc1nc(CN2CCOCC2)nc2sc3c(c12)CCC3)c1ccccc1OC(F)F. The molecule has 32 heavy (non-hydrogen) atoms. The van der Waals surface area contributed by atoms with E-state index in [2.05, 4.69) is 10.2 Å². The molecule has 170 valence electrons. The third-order valence-corrected chi connectivity index (χ3v) is 7.22. The minimum atomic E-state index is -2.87. The summed E-state index contributed by atoms with van der Waals surface area (Å²) < 4.78 is 36.0. The molecule has 1 unspecified atom stereocenters. The predicted molar refractivity (Wildman–Crippen MR) is 121 cm³/mol. The summed E-state index contributed by atoms with van der Waals surface area (Å²) in [4.78, 5) is 14.5. The zero-order valence-electron chi connectivity index (χ0n) is 17.9. The van der Waals surface area contributed by atoms with E-state index in [4.69, 9.17) is 19.4 Å². The first kappa shape index (κ1) is 21.5. The molecule has 2 aliphatic rings. The fourth-order valence-electron chi connectivity index (χ4n) is 4.50. The van der Waals surface area contributed by atoms with Crippen molar-refractivity contribution in [1.82, 2.24) is 14.9 Å². The first-order valence-electron chi connectivity index (χ1n) is 11.0. The fourth-order valence-corrected chi connectivity index (χ4v) is 5.78. The number of hydrogen-bond donors (Lipinski definition) is 1. The number of halogens is 2. The van der Waals surface area contributed by atoms with Crippen LogP contribution in [0.4, 0.5) is 14.6 Å². The Balaban J connectivity index is 1.49. The molecule has 1 aliphatic heterocycles. The number of nitrogens with one attached hydrogen (secondary N) is 1. The maximum Gasteiger partial charge on any atom is 0.387 e. The number of rotatable bonds is 7. The molecule has 1 N–H and O–H groups in total. The topological polar surface area (TPSA) is 59.5 Å². The molecule has 6 nitrogen and oxygen atoms in total. The molecule has 3 heterocycles. The smallest absolute Gasteiger partial charge is 0.387 e. The van der Waals surface area contributed by atoms with Crippen molar-refractivity contribution in [2.24, 2.45) is 0 Å². The van der Waals surface area contributed by atoms with Crippen molar-refractivity contribution in [3.8, 4) is 5.75 Å². The highest BCUT2D eigenvalue weighted by Gasteiger charge is 2.25. The van der Waals surface area contributed by atoms with Crippen LogP contribution in [0.1, 0.15) is 41.2 Å². The molecular weight excluding hydrogens is 434 g/mol. The number of benzene rings is 1. The van der Waals surface area contributed by atoms with Gasteiger partial charge >= 0.3 is 6.61 Å². The van der Waals surface area contributed by atoms with Crippen LogP contribution in [0.25, 0.3) is 10.2 Å². The van der Waals surface area contributed by atoms with Gasteiger partial charge in [0.2, 0.25) is 0 Å². The molecule has 1 saturated heterocycles. The van der Waals surface area contributed by atoms with Gasteiger partial charge in [-0.25, -0.2) is 9.97 Å². The van der Waals surface area contributed by atoms with Crippen LogP contribution in [0.2, 0.25) is 0 Å². The van der Waals surface area contributed by atoms with Crippen LogP contribution in [-0.2, 0) is 24.1 Å². The number of hydrogen-bond acceptors (Lipinski definition) is 7. The number of alkyl halides is 2. The summed E-state index contributed by atoms with van der Waals surface area (Å²) in [6.45, 7) is 2.90. The molecule has 0 saturated carbocycles. The van der Waals surface area contributed by atoms with Gasteiger partial charge in [0.15, 0.2) is 0 Å². The summed E-state index contributed by atoms with van der Waals surface area (Å²) in [7, 11) is 0. The van der Waals surface area contributed by atoms with Gasteiger partial charge < -0.3 is 14.8 Å². The Bertz CT molecular complexity index is 1100. The molecule has 9 heteroatoms. The van der Waals surface area contributed by atoms with Gasteiger partial charge in [-0.2, -0.15) is 8.78 Å². The third kappa shape index (κ3) is 4.42. The largest absolute Gasteiger partial charge is 0.434 e. The van der Waals surface area contributed by atoms with Crippen molar-refractivity contribution in [1.29, 1.82) is 0 Å². The molecule has 0 spiro atoms. The Labute approximate surface area is 189 Å². The second kappa shape index (κ2) is 9.25. The van der Waals surface area contributed by atoms with Crippen LogP contribution in [-0.4, -0.2) is 47.8 Å². The number of nitrogens with zero attached hydrogens (tertiary/aromatic N) is 3. The number of fused-ring (bicyclic) bond motifs is 3. The van der Waals surface area contributed by atoms with E-state index in [1.807, 2.05) is 13.0 Å². The maximum atomic E-state index is 12.9. The second-order valence-corrected chi connectivity index (χ2v) is 9.28. The molecule has 0 bridgehead atoms. The van der Waals surface area contributed by atoms with Gasteiger partial charge in [0.1, 0.15) is 22.2 Å². The zero-order valence-corrected chi connectivity index (χ0v) is 18.8. The number of anilines is 1. The molecule has 1 aliphatic carbocycles. The van der Waals surface area contributed by atoms with Crippen molar-refractivity contribution in [3.63, 3.8) is 0 Å². The van der Waals surface area contributed by atoms with Crippen LogP contribution in [0, 0.1) is 0 Å². The Hall–Kier alpha value is -2.36. The van der Waals surface area contributed by atoms with E-state index < -0.39 is 6.61 Å². The van der Waals surface area contributed by atoms with E-state index in [9.17, 15) is 8.78 Å². The Morgan fingerprint density at radius 3 is 2.81 bits per heavy atom. The summed E-state index contributed by atoms with van der Waals surface area (Å²) >= 11 is 1.75. The Kier molecular flexibility index (Phi) is 6.21. The Morgan fingerprint density at radius 2 is 2.00 bits per heavy atom. The van der Waals surface area contributed by atoms with Crippen LogP contribution < -0.4 is 10.1 Å². The molecule has 0 amide bonds. The molecule has 1 atom stereocenters. The predicted octanol–water partition coefficient (Wildman–Crippen LogP) is 4.79. The van der Waals surface area contributed by atoms with Gasteiger partial charge in [-0.15, -0.1) is 11.3 Å². The summed E-state index contributed by atoms with van der Waals surface area (Å²) in [5.74, 6) is 1.72. The maximum absolute atomic E-state index is 12.9. The van der Waals surface area contributed by atoms with E-state index >= 15 is 0 Å². The van der Waals surface area contributed by atoms with Gasteiger partial charge in [0.05, 0.1) is 31.2 Å². The molecule has 1 aromatic carbocycles. The lowest BCUT2D eigenvalue weighted by Crippen LogP contribution is -2.36. The van der Waals surface area contributed by atoms with Crippen LogP contribution in [0.15, 0.2) is 24.3 Å². The zero-order chi connectivity index (χ0) is 22.1. The number of morpholine rings is 1. The van der Waals surface area contributed by atoms with Crippen molar-refractivity contribution in [2.75, 3.05) is 31.6 Å². The van der Waals surface area contributed by atoms with Crippen molar-refractivity contribution in [3.05, 3.63) is 46.1 Å². The van der Waals surface area contributed by atoms with Gasteiger partial charge in [-0.1, -0.05) is 18.2 Å². The van der Waals surface area contributed by atoms with Gasteiger partial charge in [0, 0.05) is 23.5 Å². The highest BCUT2D eigenvalue weighted by molar-refractivity contribution is 7.19. The highest BCUT2D eigenvalue weighted by Crippen LogP contribution is 2.41. The van der Waals surface area contributed by atoms with Crippen molar-refractivity contribution >= 4 is 27.4 Å². The molecular formula is C23H26F2N4O2S. The first-order valence-corrected chi connectivity index (χ1v) is 11.8. The molecule has 1 fully saturated rings. The molecule has 2 aromatic heterocycles. The summed E-state index contributed by atoms with van der Waals surface area (Å²) in [5.41, 5.74) is 2.00. The molecule has 5 rings (SSSR count). The van der Waals surface area contributed by atoms with Gasteiger partial charge in [-0.05, 0) is 37.8 Å². The second-order valence-electron chi connectivity index (χ2n) is 8.20. The number of para-hydroxylation sites is 1. The lowest BCUT2D eigenvalue weighted by Gasteiger charge is -2.26. The van der Waals surface area contributed by atoms with E-state index in [-0.39, 0.29) is 11.8 Å². The average Bonchev–Trinajstić information content (AvgIpc) is 3.35. The van der Waals surface area contributed by atoms with Crippen LogP contribution in [0.5, 0.6) is 5.75 Å². The molecule has 3 aromatic rings. The summed E-state index contributed by atoms with van der Waals surface area (Å²) in [6, 6.07) is 6.63. The summed E-state index contributed by atoms with van der Waals surface area (Å²) in [5, 5.41) is 4.57. The molecule has 0 radical (unpaired) electrons. The lowest BCUT2D eigenvalue weighted by molar-refractivity contribution is -0.0505. The average molecular weight is 461 g/mol. The third-order valence-electron chi connectivity index (χ3n) is 6.03. The monoisotopic (exact) mass is 460 g/mol. The van der Waals surface area contributed by atoms with E-state index in [0.29, 0.717) is 12.1 Å². The fraction of sp³-hybridized carbons (Fsp3) is 0.478. The van der Waals surface area contributed by atoms with Crippen LogP contribution >= 0.6 is 11.3 Å². The van der Waals surface area contributed by atoms with E-state index in [1.54, 1.807) is 29.5 Å². The number of aryl methyl sites for hydroxylation is 2. The minimum Gasteiger partial charge on any atom is -0.434 e. The van der Waals surface area contributed by atoms with Gasteiger partial charge in [0.25, 0.3) is 0 Å². The first-order chi connectivity index (χ1) is 15.6. The number of thiophene rings is 1. The standard InChI is InChI=1S/C23H26F2N4O2S/c1-14(15-5-2-3-7-17(15)31-23(24)25)26-21-20-16-6-4-8-18(16)32-22(20)28-19(27-21)13-29-9-11-30-12-10-29/h2-3,5,7,14,23H,4,6,8-13H2,1H3,(H,26,27,28). The highest BCUT2D eigenvalue weighted by atomic mass is 32.1. The van der Waals surface area contributed by atoms with E-state index in [1.165, 1.54) is 10.4 Å². The number of aromatic nitrogens is 2. The van der Waals surface area contributed by atoms with Crippen LogP contribution in [0.3, 0.4) is 0 Å². The lowest BCUT2D eigenvalue weighted by atomic mass is 10.1. The van der Waals surface area contributed by atoms with Gasteiger partial charge in [-0.3, -0.25) is 4.90 Å². The number of ether oxygens (including phenoxy) is 2. The summed E-state index contributed by atoms with van der Waals surface area (Å²) in [6.07, 6.45) is 3.25. The normalized spacial score (nSPS) is 17.6. The minimum absolute atomic E-state index is 0.178. The van der Waals surface area contributed by atoms with Crippen molar-refractivity contribution < 1.29 is 18.3 Å². The van der Waals surface area contributed by atoms with E-state index in [0.717, 1.165) is 67.4 Å². The quantitative estimate of drug-likeness (QED) is 0.547.